The van der Waals surface area contributed by atoms with Crippen molar-refractivity contribution in [1.29, 1.82) is 0 Å². The van der Waals surface area contributed by atoms with Crippen LogP contribution >= 0.6 is 0 Å². The zero-order valence-corrected chi connectivity index (χ0v) is 17.9. The quantitative estimate of drug-likeness (QED) is 0.347. The lowest BCUT2D eigenvalue weighted by Crippen LogP contribution is -2.11. The SMILES string of the molecule is C=C(/C=C\C(N)=NC1CC1)NC(=C)c1cccc(C)c1.CC.CC.CC.[HH]. The molecule has 3 nitrogen and oxygen atoms in total. The van der Waals surface area contributed by atoms with Gasteiger partial charge in [-0.2, -0.15) is 0 Å². The van der Waals surface area contributed by atoms with E-state index in [0.717, 1.165) is 29.8 Å². The van der Waals surface area contributed by atoms with Crippen molar-refractivity contribution < 1.29 is 1.43 Å². The standard InChI is InChI=1S/C17H21N3.3C2H6.H2/c1-12-5-4-6-15(11-12)14(3)19-13(2)7-10-17(18)20-16-8-9-16;3*1-2;/h4-7,10-11,16,19H,2-3,8-9H2,1H3,(H2,18,20);3*1-2H3;1H/b10-7-;;;;. The number of nitrogens with two attached hydrogens (primary N) is 1. The van der Waals surface area contributed by atoms with Gasteiger partial charge < -0.3 is 11.1 Å². The van der Waals surface area contributed by atoms with Crippen LogP contribution in [0.1, 0.15) is 66.9 Å². The van der Waals surface area contributed by atoms with Gasteiger partial charge in [-0.1, -0.05) is 78.5 Å². The number of rotatable bonds is 6. The van der Waals surface area contributed by atoms with Gasteiger partial charge in [-0.15, -0.1) is 0 Å². The number of hydrogen-bond acceptors (Lipinski definition) is 2. The van der Waals surface area contributed by atoms with Gasteiger partial charge in [-0.25, -0.2) is 0 Å². The maximum Gasteiger partial charge on any atom is 0.118 e. The van der Waals surface area contributed by atoms with Gasteiger partial charge in [0.2, 0.25) is 0 Å². The van der Waals surface area contributed by atoms with E-state index in [9.17, 15) is 0 Å². The van der Waals surface area contributed by atoms with Gasteiger partial charge in [0.15, 0.2) is 0 Å². The molecule has 1 aromatic carbocycles. The van der Waals surface area contributed by atoms with Gasteiger partial charge in [0.1, 0.15) is 5.84 Å². The number of nitrogens with one attached hydrogen (secondary N) is 1. The predicted octanol–water partition coefficient (Wildman–Crippen LogP) is 6.47. The van der Waals surface area contributed by atoms with E-state index in [-0.39, 0.29) is 1.43 Å². The number of nitrogens with zero attached hydrogens (tertiary/aromatic N) is 1. The topological polar surface area (TPSA) is 50.4 Å². The molecule has 0 aromatic heterocycles. The average molecular weight is 360 g/mol. The molecule has 1 aliphatic rings. The Morgan fingerprint density at radius 2 is 1.69 bits per heavy atom. The van der Waals surface area contributed by atoms with E-state index < -0.39 is 0 Å². The fourth-order valence-electron chi connectivity index (χ4n) is 1.78. The van der Waals surface area contributed by atoms with Crippen molar-refractivity contribution in [3.63, 3.8) is 0 Å². The fourth-order valence-corrected chi connectivity index (χ4v) is 1.78. The van der Waals surface area contributed by atoms with Crippen LogP contribution in [0.4, 0.5) is 0 Å². The Morgan fingerprint density at radius 1 is 1.12 bits per heavy atom. The first kappa shape index (κ1) is 25.9. The van der Waals surface area contributed by atoms with Crippen LogP contribution in [0, 0.1) is 6.92 Å². The summed E-state index contributed by atoms with van der Waals surface area (Å²) in [6, 6.07) is 8.59. The Labute approximate surface area is 163 Å². The van der Waals surface area contributed by atoms with Crippen LogP contribution in [-0.2, 0) is 0 Å². The van der Waals surface area contributed by atoms with E-state index in [1.54, 1.807) is 6.08 Å². The summed E-state index contributed by atoms with van der Waals surface area (Å²) in [7, 11) is 0. The summed E-state index contributed by atoms with van der Waals surface area (Å²) in [5.74, 6) is 0.552. The van der Waals surface area contributed by atoms with Gasteiger partial charge in [0.25, 0.3) is 0 Å². The van der Waals surface area contributed by atoms with Crippen LogP contribution in [0.25, 0.3) is 5.70 Å². The van der Waals surface area contributed by atoms with Crippen molar-refractivity contribution in [2.24, 2.45) is 10.7 Å². The zero-order valence-electron chi connectivity index (χ0n) is 17.9. The minimum absolute atomic E-state index is 0. The largest absolute Gasteiger partial charge is 0.384 e. The molecule has 0 amide bonds. The van der Waals surface area contributed by atoms with Gasteiger partial charge in [0.05, 0.1) is 6.04 Å². The summed E-state index contributed by atoms with van der Waals surface area (Å²) in [5.41, 5.74) is 9.61. The molecule has 0 heterocycles. The monoisotopic (exact) mass is 359 g/mol. The second-order valence-electron chi connectivity index (χ2n) is 5.12. The summed E-state index contributed by atoms with van der Waals surface area (Å²) < 4.78 is 0. The summed E-state index contributed by atoms with van der Waals surface area (Å²) in [6.07, 6.45) is 5.90. The first-order chi connectivity index (χ1) is 12.5. The van der Waals surface area contributed by atoms with E-state index >= 15 is 0 Å². The highest BCUT2D eigenvalue weighted by molar-refractivity contribution is 5.92. The molecule has 0 aliphatic heterocycles. The Morgan fingerprint density at radius 3 is 2.19 bits per heavy atom. The van der Waals surface area contributed by atoms with Gasteiger partial charge >= 0.3 is 0 Å². The van der Waals surface area contributed by atoms with Crippen molar-refractivity contribution in [1.82, 2.24) is 5.32 Å². The molecule has 1 aliphatic carbocycles. The molecule has 0 bridgehead atoms. The summed E-state index contributed by atoms with van der Waals surface area (Å²) >= 11 is 0. The number of aryl methyl sites for hydroxylation is 1. The summed E-state index contributed by atoms with van der Waals surface area (Å²) in [6.45, 7) is 22.0. The van der Waals surface area contributed by atoms with Crippen LogP contribution in [0.15, 0.2) is 60.3 Å². The third-order valence-corrected chi connectivity index (χ3v) is 3.01. The van der Waals surface area contributed by atoms with E-state index in [4.69, 9.17) is 5.73 Å². The molecular formula is C23H41N3. The zero-order chi connectivity index (χ0) is 20.5. The third kappa shape index (κ3) is 12.1. The van der Waals surface area contributed by atoms with Crippen LogP contribution in [0.3, 0.4) is 0 Å². The van der Waals surface area contributed by atoms with E-state index in [0.29, 0.717) is 11.9 Å². The number of allylic oxidation sites excluding steroid dienone is 1. The molecule has 3 heteroatoms. The molecule has 0 atom stereocenters. The van der Waals surface area contributed by atoms with Crippen molar-refractivity contribution >= 4 is 11.5 Å². The molecule has 0 spiro atoms. The fraction of sp³-hybridized carbons (Fsp3) is 0.435. The molecular weight excluding hydrogens is 318 g/mol. The second kappa shape index (κ2) is 16.2. The molecule has 148 valence electrons. The Bertz CT molecular complexity index is 585. The molecule has 26 heavy (non-hydrogen) atoms. The van der Waals surface area contributed by atoms with Crippen molar-refractivity contribution in [2.45, 2.75) is 67.3 Å². The third-order valence-electron chi connectivity index (χ3n) is 3.01. The van der Waals surface area contributed by atoms with Gasteiger partial charge in [-0.05, 0) is 43.5 Å². The van der Waals surface area contributed by atoms with Gasteiger partial charge in [-0.3, -0.25) is 4.99 Å². The molecule has 1 saturated carbocycles. The highest BCUT2D eigenvalue weighted by Gasteiger charge is 2.19. The molecule has 1 fully saturated rings. The van der Waals surface area contributed by atoms with Crippen molar-refractivity contribution in [3.8, 4) is 0 Å². The van der Waals surface area contributed by atoms with Crippen LogP contribution in [-0.4, -0.2) is 11.9 Å². The minimum Gasteiger partial charge on any atom is -0.384 e. The highest BCUT2D eigenvalue weighted by atomic mass is 14.9. The lowest BCUT2D eigenvalue weighted by atomic mass is 10.1. The van der Waals surface area contributed by atoms with Crippen LogP contribution < -0.4 is 11.1 Å². The Kier molecular flexibility index (Phi) is 16.2. The molecule has 0 unspecified atom stereocenters. The first-order valence-electron chi connectivity index (χ1n) is 9.78. The minimum atomic E-state index is 0. The summed E-state index contributed by atoms with van der Waals surface area (Å²) in [4.78, 5) is 4.33. The smallest absolute Gasteiger partial charge is 0.118 e. The summed E-state index contributed by atoms with van der Waals surface area (Å²) in [5, 5.41) is 3.16. The average Bonchev–Trinajstić information content (AvgIpc) is 3.49. The van der Waals surface area contributed by atoms with E-state index in [2.05, 4.69) is 42.5 Å². The lowest BCUT2D eigenvalue weighted by molar-refractivity contribution is 1.06. The molecule has 0 saturated heterocycles. The first-order valence-corrected chi connectivity index (χ1v) is 9.78. The normalized spacial score (nSPS) is 12.5. The van der Waals surface area contributed by atoms with Crippen LogP contribution in [0.2, 0.25) is 0 Å². The highest BCUT2D eigenvalue weighted by Crippen LogP contribution is 2.23. The van der Waals surface area contributed by atoms with E-state index in [1.165, 1.54) is 5.56 Å². The Hall–Kier alpha value is -2.29. The van der Waals surface area contributed by atoms with E-state index in [1.807, 2.05) is 59.8 Å². The molecule has 1 aromatic rings. The van der Waals surface area contributed by atoms with Crippen molar-refractivity contribution in [2.75, 3.05) is 0 Å². The lowest BCUT2D eigenvalue weighted by Gasteiger charge is -2.10. The number of amidine groups is 1. The molecule has 0 radical (unpaired) electrons. The second-order valence-corrected chi connectivity index (χ2v) is 5.12. The maximum atomic E-state index is 5.80. The van der Waals surface area contributed by atoms with Gasteiger partial charge in [0, 0.05) is 12.8 Å². The Balaban J connectivity index is -0.000000749. The predicted molar refractivity (Wildman–Crippen MR) is 122 cm³/mol. The maximum absolute atomic E-state index is 5.80. The molecule has 3 N–H and O–H groups in total. The number of hydrogen-bond donors (Lipinski definition) is 2. The number of aliphatic imine (C=N–C) groups is 1. The van der Waals surface area contributed by atoms with Crippen LogP contribution in [0.5, 0.6) is 0 Å². The van der Waals surface area contributed by atoms with Crippen molar-refractivity contribution in [3.05, 3.63) is 66.4 Å². The molecule has 2 rings (SSSR count). The number of benzene rings is 1.